The minimum Gasteiger partial charge on any atom is -0.465 e. The highest BCUT2D eigenvalue weighted by molar-refractivity contribution is 7.80. The van der Waals surface area contributed by atoms with Gasteiger partial charge in [-0.25, -0.2) is 9.18 Å². The molecule has 0 radical (unpaired) electrons. The van der Waals surface area contributed by atoms with Gasteiger partial charge in [0.15, 0.2) is 5.11 Å². The van der Waals surface area contributed by atoms with Crippen molar-refractivity contribution in [3.8, 4) is 0 Å². The predicted molar refractivity (Wildman–Crippen MR) is 93.9 cm³/mol. The number of benzene rings is 1. The third-order valence-corrected chi connectivity index (χ3v) is 5.07. The summed E-state index contributed by atoms with van der Waals surface area (Å²) in [6, 6.07) is 6.27. The van der Waals surface area contributed by atoms with E-state index in [9.17, 15) is 9.18 Å². The Bertz CT molecular complexity index is 773. The number of thiocarbonyl (C=S) groups is 1. The minimum atomic E-state index is -0.390. The SMILES string of the molecule is COC(=O)c1c(NC(=S)Nc2ccccc2F)sc2c1CCC2. The summed E-state index contributed by atoms with van der Waals surface area (Å²) in [5, 5.41) is 6.69. The van der Waals surface area contributed by atoms with Gasteiger partial charge in [0.05, 0.1) is 18.4 Å². The third kappa shape index (κ3) is 3.20. The number of carbonyl (C=O) groups is 1. The lowest BCUT2D eigenvalue weighted by molar-refractivity contribution is 0.0601. The number of carbonyl (C=O) groups excluding carboxylic acids is 1. The normalized spacial score (nSPS) is 12.6. The number of para-hydroxylation sites is 1. The van der Waals surface area contributed by atoms with Crippen molar-refractivity contribution >= 4 is 45.3 Å². The zero-order valence-electron chi connectivity index (χ0n) is 12.4. The zero-order valence-corrected chi connectivity index (χ0v) is 14.1. The number of hydrogen-bond acceptors (Lipinski definition) is 4. The van der Waals surface area contributed by atoms with E-state index in [1.807, 2.05) is 0 Å². The van der Waals surface area contributed by atoms with Crippen molar-refractivity contribution in [3.05, 3.63) is 46.1 Å². The predicted octanol–water partition coefficient (Wildman–Crippen LogP) is 3.97. The molecule has 0 saturated heterocycles. The Balaban J connectivity index is 1.82. The van der Waals surface area contributed by atoms with E-state index < -0.39 is 5.82 Å². The molecule has 2 aromatic rings. The summed E-state index contributed by atoms with van der Waals surface area (Å²) in [6.45, 7) is 0. The lowest BCUT2D eigenvalue weighted by atomic mass is 10.1. The number of ether oxygens (including phenoxy) is 1. The number of aryl methyl sites for hydroxylation is 1. The van der Waals surface area contributed by atoms with Gasteiger partial charge in [-0.05, 0) is 49.2 Å². The van der Waals surface area contributed by atoms with Crippen LogP contribution in [0.25, 0.3) is 0 Å². The number of thiophene rings is 1. The smallest absolute Gasteiger partial charge is 0.341 e. The monoisotopic (exact) mass is 350 g/mol. The summed E-state index contributed by atoms with van der Waals surface area (Å²) >= 11 is 6.73. The molecule has 0 atom stereocenters. The second kappa shape index (κ2) is 6.64. The second-order valence-corrected chi connectivity index (χ2v) is 6.63. The average Bonchev–Trinajstić information content (AvgIpc) is 3.09. The van der Waals surface area contributed by atoms with Crippen LogP contribution in [0.3, 0.4) is 0 Å². The van der Waals surface area contributed by atoms with Gasteiger partial charge < -0.3 is 15.4 Å². The molecule has 0 amide bonds. The Kier molecular flexibility index (Phi) is 4.58. The maximum absolute atomic E-state index is 13.7. The van der Waals surface area contributed by atoms with Crippen molar-refractivity contribution in [2.24, 2.45) is 0 Å². The van der Waals surface area contributed by atoms with E-state index >= 15 is 0 Å². The fourth-order valence-corrected chi connectivity index (χ4v) is 4.19. The van der Waals surface area contributed by atoms with Crippen molar-refractivity contribution in [2.45, 2.75) is 19.3 Å². The average molecular weight is 350 g/mol. The Hall–Kier alpha value is -1.99. The van der Waals surface area contributed by atoms with E-state index in [-0.39, 0.29) is 16.8 Å². The van der Waals surface area contributed by atoms with Crippen LogP contribution in [0.5, 0.6) is 0 Å². The molecule has 1 heterocycles. The maximum Gasteiger partial charge on any atom is 0.341 e. The van der Waals surface area contributed by atoms with E-state index in [1.165, 1.54) is 29.4 Å². The highest BCUT2D eigenvalue weighted by Crippen LogP contribution is 2.39. The second-order valence-electron chi connectivity index (χ2n) is 5.11. The van der Waals surface area contributed by atoms with Crippen LogP contribution >= 0.6 is 23.6 Å². The molecule has 1 aromatic heterocycles. The number of nitrogens with one attached hydrogen (secondary N) is 2. The summed E-state index contributed by atoms with van der Waals surface area (Å²) in [6.07, 6.45) is 2.87. The van der Waals surface area contributed by atoms with Crippen LogP contribution in [0, 0.1) is 5.82 Å². The van der Waals surface area contributed by atoms with Crippen molar-refractivity contribution in [1.82, 2.24) is 0 Å². The molecule has 0 aliphatic heterocycles. The summed E-state index contributed by atoms with van der Waals surface area (Å²) < 4.78 is 18.5. The minimum absolute atomic E-state index is 0.236. The van der Waals surface area contributed by atoms with Crippen LogP contribution in [0.15, 0.2) is 24.3 Å². The largest absolute Gasteiger partial charge is 0.465 e. The molecule has 1 aliphatic rings. The molecule has 3 rings (SSSR count). The zero-order chi connectivity index (χ0) is 16.4. The lowest BCUT2D eigenvalue weighted by Gasteiger charge is -2.11. The van der Waals surface area contributed by atoms with Crippen LogP contribution in [0.1, 0.15) is 27.2 Å². The number of methoxy groups -OCH3 is 1. The van der Waals surface area contributed by atoms with Gasteiger partial charge in [0, 0.05) is 4.88 Å². The van der Waals surface area contributed by atoms with Gasteiger partial charge in [-0.15, -0.1) is 11.3 Å². The topological polar surface area (TPSA) is 50.4 Å². The summed E-state index contributed by atoms with van der Waals surface area (Å²) in [5.41, 5.74) is 1.87. The summed E-state index contributed by atoms with van der Waals surface area (Å²) in [5.74, 6) is -0.765. The summed E-state index contributed by atoms with van der Waals surface area (Å²) in [7, 11) is 1.36. The number of halogens is 1. The van der Waals surface area contributed by atoms with Crippen LogP contribution in [0.2, 0.25) is 0 Å². The Labute approximate surface area is 142 Å². The van der Waals surface area contributed by atoms with Gasteiger partial charge in [0.1, 0.15) is 10.8 Å². The number of fused-ring (bicyclic) bond motifs is 1. The molecule has 7 heteroatoms. The molecule has 0 bridgehead atoms. The van der Waals surface area contributed by atoms with E-state index in [4.69, 9.17) is 17.0 Å². The number of hydrogen-bond donors (Lipinski definition) is 2. The Morgan fingerprint density at radius 2 is 2.09 bits per heavy atom. The van der Waals surface area contributed by atoms with Crippen LogP contribution < -0.4 is 10.6 Å². The quantitative estimate of drug-likeness (QED) is 0.648. The van der Waals surface area contributed by atoms with Crippen LogP contribution in [-0.2, 0) is 17.6 Å². The van der Waals surface area contributed by atoms with Crippen molar-refractivity contribution in [2.75, 3.05) is 17.7 Å². The van der Waals surface area contributed by atoms with E-state index in [0.29, 0.717) is 10.6 Å². The van der Waals surface area contributed by atoms with E-state index in [1.54, 1.807) is 18.2 Å². The molecular formula is C16H15FN2O2S2. The first-order valence-corrected chi connectivity index (χ1v) is 8.38. The Morgan fingerprint density at radius 1 is 1.30 bits per heavy atom. The van der Waals surface area contributed by atoms with Crippen LogP contribution in [0.4, 0.5) is 15.1 Å². The third-order valence-electron chi connectivity index (χ3n) is 3.66. The molecule has 0 spiro atoms. The molecule has 2 N–H and O–H groups in total. The standard InChI is InChI=1S/C16H15FN2O2S2/c1-21-15(20)13-9-5-4-8-12(9)23-14(13)19-16(22)18-11-7-3-2-6-10(11)17/h2-3,6-7H,4-5,8H2,1H3,(H2,18,19,22). The molecule has 23 heavy (non-hydrogen) atoms. The molecule has 0 fully saturated rings. The van der Waals surface area contributed by atoms with E-state index in [2.05, 4.69) is 10.6 Å². The number of rotatable bonds is 3. The summed E-state index contributed by atoms with van der Waals surface area (Å²) in [4.78, 5) is 13.3. The van der Waals surface area contributed by atoms with Gasteiger partial charge >= 0.3 is 5.97 Å². The van der Waals surface area contributed by atoms with Gasteiger partial charge in [-0.2, -0.15) is 0 Å². The first-order valence-electron chi connectivity index (χ1n) is 7.15. The first kappa shape index (κ1) is 15.9. The number of esters is 1. The molecule has 120 valence electrons. The van der Waals surface area contributed by atoms with Gasteiger partial charge in [-0.3, -0.25) is 0 Å². The molecule has 4 nitrogen and oxygen atoms in total. The van der Waals surface area contributed by atoms with Crippen molar-refractivity contribution in [3.63, 3.8) is 0 Å². The highest BCUT2D eigenvalue weighted by Gasteiger charge is 2.27. The number of anilines is 2. The molecule has 0 saturated carbocycles. The fourth-order valence-electron chi connectivity index (χ4n) is 2.63. The van der Waals surface area contributed by atoms with Gasteiger partial charge in [-0.1, -0.05) is 12.1 Å². The molecule has 0 unspecified atom stereocenters. The van der Waals surface area contributed by atoms with E-state index in [0.717, 1.165) is 24.8 Å². The van der Waals surface area contributed by atoms with Crippen LogP contribution in [-0.4, -0.2) is 18.2 Å². The molecular weight excluding hydrogens is 335 g/mol. The lowest BCUT2D eigenvalue weighted by Crippen LogP contribution is -2.20. The Morgan fingerprint density at radius 3 is 2.83 bits per heavy atom. The fraction of sp³-hybridized carbons (Fsp3) is 0.250. The molecule has 1 aromatic carbocycles. The maximum atomic E-state index is 13.7. The van der Waals surface area contributed by atoms with Crippen molar-refractivity contribution in [1.29, 1.82) is 0 Å². The van der Waals surface area contributed by atoms with Gasteiger partial charge in [0.2, 0.25) is 0 Å². The molecule has 1 aliphatic carbocycles. The van der Waals surface area contributed by atoms with Gasteiger partial charge in [0.25, 0.3) is 0 Å². The first-order chi connectivity index (χ1) is 11.1. The van der Waals surface area contributed by atoms with Crippen molar-refractivity contribution < 1.29 is 13.9 Å². The highest BCUT2D eigenvalue weighted by atomic mass is 32.1.